The first-order chi connectivity index (χ1) is 5.50. The first-order valence-electron chi connectivity index (χ1n) is 4.30. The quantitative estimate of drug-likeness (QED) is 0.460. The molecular weight excluding hydrogens is 132 g/mol. The predicted molar refractivity (Wildman–Crippen MR) is 50.2 cm³/mol. The summed E-state index contributed by atoms with van der Waals surface area (Å²) in [6.07, 6.45) is 20.0. The molecule has 11 heavy (non-hydrogen) atoms. The van der Waals surface area contributed by atoms with E-state index >= 15 is 0 Å². The molecule has 0 amide bonds. The van der Waals surface area contributed by atoms with Gasteiger partial charge in [-0.15, -0.1) is 0 Å². The van der Waals surface area contributed by atoms with Gasteiger partial charge >= 0.3 is 0 Å². The average Bonchev–Trinajstić information content (AvgIpc) is 2.08. The fraction of sp³-hybridized carbons (Fsp3) is 0.364. The van der Waals surface area contributed by atoms with Gasteiger partial charge in [0.25, 0.3) is 0 Å². The van der Waals surface area contributed by atoms with Crippen molar-refractivity contribution in [1.82, 2.24) is 0 Å². The van der Waals surface area contributed by atoms with E-state index in [9.17, 15) is 0 Å². The highest BCUT2D eigenvalue weighted by atomic mass is 13.9. The van der Waals surface area contributed by atoms with Crippen LogP contribution in [0.3, 0.4) is 0 Å². The van der Waals surface area contributed by atoms with Crippen molar-refractivity contribution in [3.8, 4) is 0 Å². The molecule has 0 nitrogen and oxygen atoms in total. The van der Waals surface area contributed by atoms with E-state index in [1.54, 1.807) is 0 Å². The minimum atomic E-state index is 1.17. The van der Waals surface area contributed by atoms with Crippen LogP contribution < -0.4 is 0 Å². The monoisotopic (exact) mass is 147 g/mol. The lowest BCUT2D eigenvalue weighted by Gasteiger charge is -1.87. The normalized spacial score (nSPS) is 19.6. The molecule has 1 aliphatic carbocycles. The zero-order valence-electron chi connectivity index (χ0n) is 6.87. The standard InChI is InChI=1S/C11H15/c1-2-4-6-8-10-11-9-7-5-3-1/h1-5,10-11H,6-9H2. The van der Waals surface area contributed by atoms with Gasteiger partial charge in [0.05, 0.1) is 0 Å². The van der Waals surface area contributed by atoms with Crippen molar-refractivity contribution < 1.29 is 0 Å². The Labute approximate surface area is 69.3 Å². The molecule has 1 radical (unpaired) electrons. The van der Waals surface area contributed by atoms with Gasteiger partial charge in [-0.1, -0.05) is 36.5 Å². The van der Waals surface area contributed by atoms with Crippen LogP contribution in [0.25, 0.3) is 0 Å². The lowest BCUT2D eigenvalue weighted by atomic mass is 10.2. The zero-order valence-corrected chi connectivity index (χ0v) is 6.87. The molecule has 0 spiro atoms. The van der Waals surface area contributed by atoms with Crippen molar-refractivity contribution in [3.63, 3.8) is 0 Å². The van der Waals surface area contributed by atoms with Crippen LogP contribution in [0.15, 0.2) is 36.5 Å². The topological polar surface area (TPSA) is 0 Å². The molecule has 0 saturated carbocycles. The molecule has 0 N–H and O–H groups in total. The van der Waals surface area contributed by atoms with Crippen molar-refractivity contribution in [1.29, 1.82) is 0 Å². The minimum absolute atomic E-state index is 1.17. The molecule has 0 aromatic rings. The molecule has 0 unspecified atom stereocenters. The number of hydrogen-bond donors (Lipinski definition) is 0. The van der Waals surface area contributed by atoms with Crippen LogP contribution in [-0.2, 0) is 0 Å². The van der Waals surface area contributed by atoms with Crippen LogP contribution in [-0.4, -0.2) is 0 Å². The first kappa shape index (κ1) is 8.32. The zero-order chi connectivity index (χ0) is 7.78. The van der Waals surface area contributed by atoms with Crippen LogP contribution in [0, 0.1) is 6.42 Å². The molecule has 0 saturated heterocycles. The summed E-state index contributed by atoms with van der Waals surface area (Å²) in [7, 11) is 0. The number of hydrogen-bond acceptors (Lipinski definition) is 0. The highest BCUT2D eigenvalue weighted by Gasteiger charge is 1.82. The fourth-order valence-corrected chi connectivity index (χ4v) is 1.03. The van der Waals surface area contributed by atoms with Crippen molar-refractivity contribution >= 4 is 0 Å². The number of allylic oxidation sites excluding steroid dienone is 6. The summed E-state index contributed by atoms with van der Waals surface area (Å²) in [5.41, 5.74) is 0. The Hall–Kier alpha value is -0.780. The molecule has 1 aliphatic rings. The van der Waals surface area contributed by atoms with E-state index in [4.69, 9.17) is 0 Å². The van der Waals surface area contributed by atoms with E-state index < -0.39 is 0 Å². The van der Waals surface area contributed by atoms with Crippen molar-refractivity contribution in [3.05, 3.63) is 42.9 Å². The largest absolute Gasteiger partial charge is 0.0885 e. The van der Waals surface area contributed by atoms with Gasteiger partial charge in [-0.2, -0.15) is 0 Å². The van der Waals surface area contributed by atoms with Gasteiger partial charge in [-0.05, 0) is 32.1 Å². The van der Waals surface area contributed by atoms with Crippen LogP contribution in [0.4, 0.5) is 0 Å². The molecule has 59 valence electrons. The molecule has 0 aromatic carbocycles. The lowest BCUT2D eigenvalue weighted by molar-refractivity contribution is 0.981. The van der Waals surface area contributed by atoms with Gasteiger partial charge in [0.1, 0.15) is 0 Å². The average molecular weight is 147 g/mol. The first-order valence-corrected chi connectivity index (χ1v) is 4.30. The highest BCUT2D eigenvalue weighted by Crippen LogP contribution is 2.01. The van der Waals surface area contributed by atoms with Gasteiger partial charge in [-0.25, -0.2) is 0 Å². The highest BCUT2D eigenvalue weighted by molar-refractivity contribution is 5.08. The molecule has 1 rings (SSSR count). The molecule has 0 atom stereocenters. The summed E-state index contributed by atoms with van der Waals surface area (Å²) in [5.74, 6) is 0. The van der Waals surface area contributed by atoms with Gasteiger partial charge in [0.2, 0.25) is 0 Å². The Bertz CT molecular complexity index is 161. The van der Waals surface area contributed by atoms with Crippen LogP contribution >= 0.6 is 0 Å². The number of rotatable bonds is 0. The SMILES string of the molecule is [CH]1C=CC=CCCC=CCC1. The van der Waals surface area contributed by atoms with E-state index in [2.05, 4.69) is 42.9 Å². The third-order valence-corrected chi connectivity index (χ3v) is 1.66. The minimum Gasteiger partial charge on any atom is -0.0885 e. The summed E-state index contributed by atoms with van der Waals surface area (Å²) in [6, 6.07) is 0. The Morgan fingerprint density at radius 2 is 1.27 bits per heavy atom. The van der Waals surface area contributed by atoms with Crippen LogP contribution in [0.5, 0.6) is 0 Å². The third kappa shape index (κ3) is 4.60. The van der Waals surface area contributed by atoms with E-state index in [0.717, 1.165) is 0 Å². The fourth-order valence-electron chi connectivity index (χ4n) is 1.03. The maximum Gasteiger partial charge on any atom is -0.0164 e. The third-order valence-electron chi connectivity index (χ3n) is 1.66. The van der Waals surface area contributed by atoms with Crippen LogP contribution in [0.2, 0.25) is 0 Å². The second-order valence-corrected chi connectivity index (χ2v) is 2.67. The molecule has 0 heterocycles. The Balaban J connectivity index is 2.34. The van der Waals surface area contributed by atoms with Crippen molar-refractivity contribution in [2.45, 2.75) is 25.7 Å². The summed E-state index contributed by atoms with van der Waals surface area (Å²) in [4.78, 5) is 0. The van der Waals surface area contributed by atoms with Crippen molar-refractivity contribution in [2.24, 2.45) is 0 Å². The molecule has 0 bridgehead atoms. The summed E-state index contributed by atoms with van der Waals surface area (Å²) in [6.45, 7) is 0. The van der Waals surface area contributed by atoms with Crippen LogP contribution in [0.1, 0.15) is 25.7 Å². The van der Waals surface area contributed by atoms with E-state index in [-0.39, 0.29) is 0 Å². The molecule has 0 heteroatoms. The second-order valence-electron chi connectivity index (χ2n) is 2.67. The molecule has 0 aromatic heterocycles. The van der Waals surface area contributed by atoms with E-state index in [1.807, 2.05) is 0 Å². The summed E-state index contributed by atoms with van der Waals surface area (Å²) >= 11 is 0. The molecular formula is C11H15. The van der Waals surface area contributed by atoms with Crippen molar-refractivity contribution in [2.75, 3.05) is 0 Å². The smallest absolute Gasteiger partial charge is 0.0164 e. The Morgan fingerprint density at radius 3 is 2.18 bits per heavy atom. The second kappa shape index (κ2) is 5.96. The predicted octanol–water partition coefficient (Wildman–Crippen LogP) is 3.43. The Morgan fingerprint density at radius 1 is 0.545 bits per heavy atom. The lowest BCUT2D eigenvalue weighted by Crippen LogP contribution is -1.69. The maximum atomic E-state index is 2.27. The summed E-state index contributed by atoms with van der Waals surface area (Å²) < 4.78 is 0. The van der Waals surface area contributed by atoms with E-state index in [1.165, 1.54) is 25.7 Å². The molecule has 0 fully saturated rings. The van der Waals surface area contributed by atoms with Gasteiger partial charge < -0.3 is 0 Å². The van der Waals surface area contributed by atoms with Gasteiger partial charge in [0.15, 0.2) is 0 Å². The molecule has 0 aliphatic heterocycles. The Kier molecular flexibility index (Phi) is 4.51. The summed E-state index contributed by atoms with van der Waals surface area (Å²) in [5, 5.41) is 0. The maximum absolute atomic E-state index is 2.27. The van der Waals surface area contributed by atoms with Gasteiger partial charge in [-0.3, -0.25) is 0 Å². The van der Waals surface area contributed by atoms with Gasteiger partial charge in [0, 0.05) is 0 Å². The van der Waals surface area contributed by atoms with E-state index in [0.29, 0.717) is 0 Å².